The van der Waals surface area contributed by atoms with Gasteiger partial charge in [-0.15, -0.1) is 5.10 Å². The standard InChI is InChI=1S/C11H12ClN5OS/c1-5-7(12)13-8(6-3-4-6)14-9(5)19-11-16-15-10(18)17(11)2/h6H,3-4H2,1-2H3,(H,15,18). The average molecular weight is 298 g/mol. The lowest BCUT2D eigenvalue weighted by molar-refractivity contribution is 0.762. The van der Waals surface area contributed by atoms with Crippen molar-refractivity contribution in [3.63, 3.8) is 0 Å². The molecule has 1 N–H and O–H groups in total. The van der Waals surface area contributed by atoms with Crippen LogP contribution in [0.15, 0.2) is 15.0 Å². The third kappa shape index (κ3) is 2.40. The lowest BCUT2D eigenvalue weighted by atomic mass is 10.3. The first kappa shape index (κ1) is 12.7. The van der Waals surface area contributed by atoms with Crippen LogP contribution in [-0.2, 0) is 7.05 Å². The van der Waals surface area contributed by atoms with E-state index in [9.17, 15) is 4.79 Å². The van der Waals surface area contributed by atoms with Crippen LogP contribution in [0.2, 0.25) is 5.15 Å². The highest BCUT2D eigenvalue weighted by Crippen LogP contribution is 2.40. The molecule has 0 atom stereocenters. The van der Waals surface area contributed by atoms with Gasteiger partial charge in [-0.25, -0.2) is 19.9 Å². The summed E-state index contributed by atoms with van der Waals surface area (Å²) in [6, 6.07) is 0. The maximum atomic E-state index is 11.3. The van der Waals surface area contributed by atoms with Crippen LogP contribution < -0.4 is 5.69 Å². The van der Waals surface area contributed by atoms with Gasteiger partial charge in [-0.3, -0.25) is 4.57 Å². The second-order valence-corrected chi connectivity index (χ2v) is 5.86. The van der Waals surface area contributed by atoms with Crippen LogP contribution in [0.25, 0.3) is 0 Å². The fourth-order valence-electron chi connectivity index (χ4n) is 1.62. The van der Waals surface area contributed by atoms with Crippen molar-refractivity contribution in [1.82, 2.24) is 24.7 Å². The topological polar surface area (TPSA) is 76.5 Å². The molecule has 2 aromatic rings. The van der Waals surface area contributed by atoms with Crippen LogP contribution in [0.1, 0.15) is 30.1 Å². The summed E-state index contributed by atoms with van der Waals surface area (Å²) >= 11 is 7.46. The lowest BCUT2D eigenvalue weighted by Crippen LogP contribution is -2.13. The molecule has 100 valence electrons. The van der Waals surface area contributed by atoms with Crippen molar-refractivity contribution in [3.05, 3.63) is 27.0 Å². The molecular formula is C11H12ClN5OS. The van der Waals surface area contributed by atoms with E-state index in [1.807, 2.05) is 6.92 Å². The summed E-state index contributed by atoms with van der Waals surface area (Å²) in [5.41, 5.74) is 0.564. The summed E-state index contributed by atoms with van der Waals surface area (Å²) < 4.78 is 1.44. The van der Waals surface area contributed by atoms with Crippen molar-refractivity contribution < 1.29 is 0 Å². The third-order valence-electron chi connectivity index (χ3n) is 3.03. The van der Waals surface area contributed by atoms with Crippen molar-refractivity contribution >= 4 is 23.4 Å². The number of nitrogens with one attached hydrogen (secondary N) is 1. The van der Waals surface area contributed by atoms with E-state index in [1.165, 1.54) is 16.3 Å². The van der Waals surface area contributed by atoms with Gasteiger partial charge < -0.3 is 0 Å². The van der Waals surface area contributed by atoms with E-state index in [4.69, 9.17) is 11.6 Å². The van der Waals surface area contributed by atoms with E-state index < -0.39 is 0 Å². The minimum Gasteiger partial charge on any atom is -0.273 e. The third-order valence-corrected chi connectivity index (χ3v) is 4.53. The quantitative estimate of drug-likeness (QED) is 0.876. The monoisotopic (exact) mass is 297 g/mol. The molecule has 6 nitrogen and oxygen atoms in total. The van der Waals surface area contributed by atoms with Crippen LogP contribution in [0, 0.1) is 6.92 Å². The number of aromatic amines is 1. The maximum absolute atomic E-state index is 11.3. The Morgan fingerprint density at radius 2 is 2.16 bits per heavy atom. The molecule has 2 aromatic heterocycles. The number of nitrogens with zero attached hydrogens (tertiary/aromatic N) is 4. The van der Waals surface area contributed by atoms with Crippen molar-refractivity contribution in [2.75, 3.05) is 0 Å². The second kappa shape index (κ2) is 4.64. The Balaban J connectivity index is 1.99. The Morgan fingerprint density at radius 3 is 2.74 bits per heavy atom. The first-order valence-corrected chi connectivity index (χ1v) is 7.09. The maximum Gasteiger partial charge on any atom is 0.343 e. The smallest absolute Gasteiger partial charge is 0.273 e. The Morgan fingerprint density at radius 1 is 1.42 bits per heavy atom. The van der Waals surface area contributed by atoms with E-state index in [0.717, 1.165) is 29.3 Å². The van der Waals surface area contributed by atoms with E-state index >= 15 is 0 Å². The molecule has 1 saturated carbocycles. The van der Waals surface area contributed by atoms with Crippen LogP contribution in [0.4, 0.5) is 0 Å². The van der Waals surface area contributed by atoms with Gasteiger partial charge in [0.1, 0.15) is 16.0 Å². The van der Waals surface area contributed by atoms with Gasteiger partial charge in [-0.1, -0.05) is 11.6 Å². The van der Waals surface area contributed by atoms with Gasteiger partial charge in [0.2, 0.25) is 0 Å². The van der Waals surface area contributed by atoms with Gasteiger partial charge in [-0.05, 0) is 31.5 Å². The van der Waals surface area contributed by atoms with Crippen molar-refractivity contribution in [1.29, 1.82) is 0 Å². The number of aromatic nitrogens is 5. The number of hydrogen-bond acceptors (Lipinski definition) is 5. The molecule has 1 aliphatic rings. The van der Waals surface area contributed by atoms with E-state index in [1.54, 1.807) is 7.05 Å². The highest BCUT2D eigenvalue weighted by molar-refractivity contribution is 7.99. The fourth-order valence-corrected chi connectivity index (χ4v) is 2.72. The largest absolute Gasteiger partial charge is 0.343 e. The molecule has 19 heavy (non-hydrogen) atoms. The normalized spacial score (nSPS) is 14.9. The highest BCUT2D eigenvalue weighted by atomic mass is 35.5. The van der Waals surface area contributed by atoms with Crippen LogP contribution in [0.3, 0.4) is 0 Å². The zero-order chi connectivity index (χ0) is 13.6. The van der Waals surface area contributed by atoms with Crippen molar-refractivity contribution in [3.8, 4) is 0 Å². The molecule has 0 bridgehead atoms. The predicted octanol–water partition coefficient (Wildman–Crippen LogP) is 1.89. The molecule has 1 aliphatic carbocycles. The molecule has 0 spiro atoms. The molecule has 0 saturated heterocycles. The van der Waals surface area contributed by atoms with Gasteiger partial charge >= 0.3 is 5.69 Å². The Kier molecular flexibility index (Phi) is 3.10. The van der Waals surface area contributed by atoms with Gasteiger partial charge in [0, 0.05) is 18.5 Å². The zero-order valence-electron chi connectivity index (χ0n) is 10.5. The number of halogens is 1. The summed E-state index contributed by atoms with van der Waals surface area (Å²) in [6.45, 7) is 1.87. The number of hydrogen-bond donors (Lipinski definition) is 1. The predicted molar refractivity (Wildman–Crippen MR) is 71.7 cm³/mol. The van der Waals surface area contributed by atoms with Gasteiger partial charge in [0.05, 0.1) is 0 Å². The Hall–Kier alpha value is -1.34. The molecule has 1 fully saturated rings. The minimum atomic E-state index is -0.247. The molecule has 2 heterocycles. The first-order valence-electron chi connectivity index (χ1n) is 5.89. The average Bonchev–Trinajstić information content (AvgIpc) is 3.17. The molecule has 0 radical (unpaired) electrons. The molecule has 0 aromatic carbocycles. The van der Waals surface area contributed by atoms with E-state index in [0.29, 0.717) is 16.2 Å². The first-order chi connectivity index (χ1) is 9.06. The van der Waals surface area contributed by atoms with Crippen LogP contribution >= 0.6 is 23.4 Å². The molecule has 0 amide bonds. The lowest BCUT2D eigenvalue weighted by Gasteiger charge is -2.07. The van der Waals surface area contributed by atoms with Crippen LogP contribution in [0.5, 0.6) is 0 Å². The fraction of sp³-hybridized carbons (Fsp3) is 0.455. The number of H-pyrrole nitrogens is 1. The Bertz CT molecular complexity index is 691. The van der Waals surface area contributed by atoms with E-state index in [-0.39, 0.29) is 5.69 Å². The molecule has 0 aliphatic heterocycles. The highest BCUT2D eigenvalue weighted by Gasteiger charge is 2.28. The molecule has 0 unspecified atom stereocenters. The van der Waals surface area contributed by atoms with Crippen molar-refractivity contribution in [2.24, 2.45) is 7.05 Å². The SMILES string of the molecule is Cc1c(Cl)nc(C2CC2)nc1Sc1n[nH]c(=O)n1C. The van der Waals surface area contributed by atoms with Gasteiger partial charge in [0.15, 0.2) is 5.16 Å². The molecular weight excluding hydrogens is 286 g/mol. The molecule has 8 heteroatoms. The summed E-state index contributed by atoms with van der Waals surface area (Å²) in [6.07, 6.45) is 2.23. The van der Waals surface area contributed by atoms with Crippen molar-refractivity contribution in [2.45, 2.75) is 35.9 Å². The Labute approximate surface area is 118 Å². The van der Waals surface area contributed by atoms with Gasteiger partial charge in [-0.2, -0.15) is 0 Å². The minimum absolute atomic E-state index is 0.247. The zero-order valence-corrected chi connectivity index (χ0v) is 12.0. The number of rotatable bonds is 3. The summed E-state index contributed by atoms with van der Waals surface area (Å²) in [7, 11) is 1.66. The summed E-state index contributed by atoms with van der Waals surface area (Å²) in [5, 5.41) is 8.14. The molecule has 3 rings (SSSR count). The van der Waals surface area contributed by atoms with Crippen LogP contribution in [-0.4, -0.2) is 24.7 Å². The van der Waals surface area contributed by atoms with Gasteiger partial charge in [0.25, 0.3) is 0 Å². The second-order valence-electron chi connectivity index (χ2n) is 4.55. The summed E-state index contributed by atoms with van der Waals surface area (Å²) in [5.74, 6) is 1.22. The summed E-state index contributed by atoms with van der Waals surface area (Å²) in [4.78, 5) is 20.2. The van der Waals surface area contributed by atoms with E-state index in [2.05, 4.69) is 20.2 Å².